The second-order valence-corrected chi connectivity index (χ2v) is 11.9. The number of rotatable bonds is 5. The van der Waals surface area contributed by atoms with Gasteiger partial charge in [0.05, 0.1) is 23.8 Å². The molecule has 10 nitrogen and oxygen atoms in total. The lowest BCUT2D eigenvalue weighted by molar-refractivity contribution is -0.114. The van der Waals surface area contributed by atoms with Gasteiger partial charge in [0.25, 0.3) is 5.88 Å². The Labute approximate surface area is 207 Å². The first kappa shape index (κ1) is 26.0. The van der Waals surface area contributed by atoms with Gasteiger partial charge in [-0.25, -0.2) is 22.6 Å². The Morgan fingerprint density at radius 2 is 1.83 bits per heavy atom. The molecule has 1 amide bonds. The quantitative estimate of drug-likeness (QED) is 0.626. The molecule has 2 fully saturated rings. The summed E-state index contributed by atoms with van der Waals surface area (Å²) >= 11 is 0. The number of benzene rings is 1. The maximum atomic E-state index is 15.2. The fourth-order valence-electron chi connectivity index (χ4n) is 4.17. The van der Waals surface area contributed by atoms with Crippen molar-refractivity contribution in [3.8, 4) is 5.88 Å². The van der Waals surface area contributed by atoms with Gasteiger partial charge < -0.3 is 24.4 Å². The molecular weight excluding hydrogens is 498 g/mol. The van der Waals surface area contributed by atoms with Crippen LogP contribution in [0, 0.1) is 23.5 Å². The number of hydrogen-bond acceptors (Lipinski definition) is 9. The third kappa shape index (κ3) is 5.84. The summed E-state index contributed by atoms with van der Waals surface area (Å²) in [5.74, 6) is -2.96. The van der Waals surface area contributed by atoms with Gasteiger partial charge in [0.1, 0.15) is 23.8 Å². The minimum atomic E-state index is -3.60. The highest BCUT2D eigenvalue weighted by atomic mass is 32.2. The fraction of sp³-hybridized carbons (Fsp3) is 0.522. The number of halogens is 2. The van der Waals surface area contributed by atoms with Gasteiger partial charge in [-0.3, -0.25) is 0 Å². The van der Waals surface area contributed by atoms with Crippen LogP contribution in [0.2, 0.25) is 0 Å². The monoisotopic (exact) mass is 526 g/mol. The Morgan fingerprint density at radius 3 is 2.42 bits per heavy atom. The van der Waals surface area contributed by atoms with Crippen LogP contribution in [0.25, 0.3) is 0 Å². The predicted molar refractivity (Wildman–Crippen MR) is 125 cm³/mol. The minimum Gasteiger partial charge on any atom is -0.471 e. The zero-order valence-electron chi connectivity index (χ0n) is 20.3. The largest absolute Gasteiger partial charge is 0.471 e. The van der Waals surface area contributed by atoms with Crippen molar-refractivity contribution in [3.05, 3.63) is 36.2 Å². The van der Waals surface area contributed by atoms with E-state index < -0.39 is 39.3 Å². The molecule has 3 heterocycles. The number of anilines is 2. The van der Waals surface area contributed by atoms with Crippen LogP contribution in [-0.2, 0) is 19.3 Å². The highest BCUT2D eigenvalue weighted by Gasteiger charge is 2.44. The molecule has 2 atom stereocenters. The van der Waals surface area contributed by atoms with Crippen molar-refractivity contribution in [3.63, 3.8) is 0 Å². The van der Waals surface area contributed by atoms with E-state index in [0.717, 1.165) is 18.6 Å². The van der Waals surface area contributed by atoms with Crippen LogP contribution < -0.4 is 10.1 Å². The number of amides is 1. The lowest BCUT2D eigenvalue weighted by Gasteiger charge is -2.46. The van der Waals surface area contributed by atoms with E-state index in [1.54, 1.807) is 25.7 Å². The van der Waals surface area contributed by atoms with Gasteiger partial charge in [0.2, 0.25) is 5.82 Å². The predicted octanol–water partition coefficient (Wildman–Crippen LogP) is 3.16. The Balaban J connectivity index is 1.50. The maximum Gasteiger partial charge on any atom is 0.410 e. The molecule has 0 radical (unpaired) electrons. The second-order valence-electron chi connectivity index (χ2n) is 9.91. The molecule has 1 aromatic heterocycles. The molecule has 196 valence electrons. The molecule has 1 aromatic carbocycles. The van der Waals surface area contributed by atoms with Crippen molar-refractivity contribution in [2.24, 2.45) is 11.8 Å². The van der Waals surface area contributed by atoms with Gasteiger partial charge in [-0.05, 0) is 39.0 Å². The molecule has 4 rings (SSSR count). The first-order valence-corrected chi connectivity index (χ1v) is 13.2. The molecule has 2 unspecified atom stereocenters. The van der Waals surface area contributed by atoms with Gasteiger partial charge >= 0.3 is 6.09 Å². The number of likely N-dealkylation sites (tertiary alicyclic amines) is 1. The standard InChI is InChI=1S/C23H28F2N4O6S/c1-23(2,3)35-22(30)29-8-13-10-33-11-14(9-29)19(13)34-21-18(25)20(26-12-27-21)28-17-6-5-15(7-16(17)24)36(4,31)32/h5-7,12-14,19H,8-11H2,1-4H3,(H,26,27,28). The van der Waals surface area contributed by atoms with Crippen LogP contribution in [0.5, 0.6) is 5.88 Å². The van der Waals surface area contributed by atoms with Crippen molar-refractivity contribution in [1.29, 1.82) is 0 Å². The van der Waals surface area contributed by atoms with Gasteiger partial charge in [-0.2, -0.15) is 9.37 Å². The Kier molecular flexibility index (Phi) is 7.06. The molecular formula is C23H28F2N4O6S. The SMILES string of the molecule is CC(C)(C)OC(=O)N1CC2COCC(C1)C2Oc1ncnc(Nc2ccc(S(C)(=O)=O)cc2F)c1F. The van der Waals surface area contributed by atoms with E-state index in [9.17, 15) is 17.6 Å². The van der Waals surface area contributed by atoms with Crippen molar-refractivity contribution < 1.29 is 36.2 Å². The highest BCUT2D eigenvalue weighted by molar-refractivity contribution is 7.90. The molecule has 1 N–H and O–H groups in total. The lowest BCUT2D eigenvalue weighted by atomic mass is 9.84. The molecule has 36 heavy (non-hydrogen) atoms. The zero-order chi connectivity index (χ0) is 26.3. The van der Waals surface area contributed by atoms with E-state index in [4.69, 9.17) is 14.2 Å². The van der Waals surface area contributed by atoms with Crippen molar-refractivity contribution in [2.45, 2.75) is 37.4 Å². The number of sulfone groups is 1. The van der Waals surface area contributed by atoms with E-state index in [1.807, 2.05) is 0 Å². The van der Waals surface area contributed by atoms with Gasteiger partial charge in [-0.1, -0.05) is 0 Å². The summed E-state index contributed by atoms with van der Waals surface area (Å²) in [4.78, 5) is 21.7. The van der Waals surface area contributed by atoms with Crippen LogP contribution in [0.1, 0.15) is 20.8 Å². The molecule has 2 saturated heterocycles. The van der Waals surface area contributed by atoms with E-state index in [1.165, 1.54) is 12.1 Å². The smallest absolute Gasteiger partial charge is 0.410 e. The Morgan fingerprint density at radius 1 is 1.17 bits per heavy atom. The molecule has 0 spiro atoms. The van der Waals surface area contributed by atoms with Crippen LogP contribution in [0.4, 0.5) is 25.1 Å². The van der Waals surface area contributed by atoms with Gasteiger partial charge in [0, 0.05) is 31.2 Å². The van der Waals surface area contributed by atoms with Crippen molar-refractivity contribution >= 4 is 27.4 Å². The zero-order valence-corrected chi connectivity index (χ0v) is 21.1. The Bertz CT molecular complexity index is 1240. The number of aromatic nitrogens is 2. The number of nitrogens with one attached hydrogen (secondary N) is 1. The minimum absolute atomic E-state index is 0.165. The van der Waals surface area contributed by atoms with Crippen LogP contribution >= 0.6 is 0 Å². The molecule has 2 aliphatic rings. The summed E-state index contributed by atoms with van der Waals surface area (Å²) in [7, 11) is -3.60. The van der Waals surface area contributed by atoms with Crippen LogP contribution in [0.15, 0.2) is 29.4 Å². The molecule has 13 heteroatoms. The number of ether oxygens (including phenoxy) is 3. The second kappa shape index (κ2) is 9.77. The van der Waals surface area contributed by atoms with Gasteiger partial charge in [0.15, 0.2) is 15.7 Å². The summed E-state index contributed by atoms with van der Waals surface area (Å²) in [5, 5.41) is 2.52. The maximum absolute atomic E-state index is 15.2. The van der Waals surface area contributed by atoms with Crippen molar-refractivity contribution in [2.75, 3.05) is 37.9 Å². The number of hydrogen-bond donors (Lipinski definition) is 1. The third-order valence-electron chi connectivity index (χ3n) is 5.78. The highest BCUT2D eigenvalue weighted by Crippen LogP contribution is 2.34. The third-order valence-corrected chi connectivity index (χ3v) is 6.89. The van der Waals surface area contributed by atoms with Crippen LogP contribution in [-0.4, -0.2) is 73.6 Å². The number of fused-ring (bicyclic) bond motifs is 2. The number of carbonyl (C=O) groups is 1. The summed E-state index contributed by atoms with van der Waals surface area (Å²) in [6, 6.07) is 3.23. The lowest BCUT2D eigenvalue weighted by Crippen LogP contribution is -2.59. The average Bonchev–Trinajstić information content (AvgIpc) is 2.75. The first-order chi connectivity index (χ1) is 16.8. The fourth-order valence-corrected chi connectivity index (χ4v) is 4.81. The normalized spacial score (nSPS) is 22.2. The van der Waals surface area contributed by atoms with E-state index in [0.29, 0.717) is 26.3 Å². The number of carbonyl (C=O) groups excluding carboxylic acids is 1. The van der Waals surface area contributed by atoms with Gasteiger partial charge in [-0.15, -0.1) is 0 Å². The van der Waals surface area contributed by atoms with E-state index in [-0.39, 0.29) is 34.1 Å². The molecule has 0 aliphatic carbocycles. The molecule has 2 bridgehead atoms. The summed E-state index contributed by atoms with van der Waals surface area (Å²) in [6.07, 6.45) is 1.13. The first-order valence-electron chi connectivity index (χ1n) is 11.3. The van der Waals surface area contributed by atoms with Crippen LogP contribution in [0.3, 0.4) is 0 Å². The summed E-state index contributed by atoms with van der Waals surface area (Å²) < 4.78 is 70.0. The van der Waals surface area contributed by atoms with E-state index in [2.05, 4.69) is 15.3 Å². The molecule has 2 aromatic rings. The number of nitrogens with zero attached hydrogens (tertiary/aromatic N) is 3. The summed E-state index contributed by atoms with van der Waals surface area (Å²) in [5.41, 5.74) is -0.796. The average molecular weight is 527 g/mol. The Hall–Kier alpha value is -3.06. The summed E-state index contributed by atoms with van der Waals surface area (Å²) in [6.45, 7) is 6.63. The topological polar surface area (TPSA) is 120 Å². The van der Waals surface area contributed by atoms with E-state index >= 15 is 4.39 Å². The molecule has 2 aliphatic heterocycles. The van der Waals surface area contributed by atoms with Crippen molar-refractivity contribution in [1.82, 2.24) is 14.9 Å². The number of piperidine rings is 1. The molecule has 0 saturated carbocycles.